The SMILES string of the molecule is O=C(O)[C@@H]1COCCN1C(=O)CCn1cnc2sccc2c1=O. The molecule has 9 heteroatoms. The highest BCUT2D eigenvalue weighted by Crippen LogP contribution is 2.14. The number of ether oxygens (including phenoxy) is 1. The Morgan fingerprint density at radius 3 is 3.09 bits per heavy atom. The molecule has 0 saturated carbocycles. The fourth-order valence-electron chi connectivity index (χ4n) is 2.52. The van der Waals surface area contributed by atoms with E-state index in [1.807, 2.05) is 0 Å². The minimum atomic E-state index is -1.09. The highest BCUT2D eigenvalue weighted by molar-refractivity contribution is 7.16. The molecule has 1 fully saturated rings. The summed E-state index contributed by atoms with van der Waals surface area (Å²) in [6, 6.07) is 0.737. The fraction of sp³-hybridized carbons (Fsp3) is 0.429. The Morgan fingerprint density at radius 1 is 1.48 bits per heavy atom. The van der Waals surface area contributed by atoms with Gasteiger partial charge < -0.3 is 14.7 Å². The molecule has 1 amide bonds. The van der Waals surface area contributed by atoms with Gasteiger partial charge in [0.2, 0.25) is 5.91 Å². The summed E-state index contributed by atoms with van der Waals surface area (Å²) in [6.45, 7) is 0.716. The van der Waals surface area contributed by atoms with E-state index in [1.54, 1.807) is 11.4 Å². The van der Waals surface area contributed by atoms with Gasteiger partial charge >= 0.3 is 5.97 Å². The summed E-state index contributed by atoms with van der Waals surface area (Å²) < 4.78 is 6.48. The number of aryl methyl sites for hydroxylation is 1. The number of hydrogen-bond acceptors (Lipinski definition) is 6. The normalized spacial score (nSPS) is 18.3. The molecule has 8 nitrogen and oxygen atoms in total. The maximum Gasteiger partial charge on any atom is 0.328 e. The Bertz CT molecular complexity index is 799. The van der Waals surface area contributed by atoms with Crippen LogP contribution in [0.25, 0.3) is 10.2 Å². The number of carboxylic acids is 1. The number of aliphatic carboxylic acids is 1. The van der Waals surface area contributed by atoms with E-state index in [9.17, 15) is 14.4 Å². The first-order valence-electron chi connectivity index (χ1n) is 7.10. The van der Waals surface area contributed by atoms with Crippen molar-refractivity contribution in [3.8, 4) is 0 Å². The fourth-order valence-corrected chi connectivity index (χ4v) is 3.24. The lowest BCUT2D eigenvalue weighted by Crippen LogP contribution is -2.52. The maximum absolute atomic E-state index is 12.3. The molecule has 0 aromatic carbocycles. The monoisotopic (exact) mass is 337 g/mol. The molecular weight excluding hydrogens is 322 g/mol. The zero-order valence-electron chi connectivity index (χ0n) is 12.2. The minimum absolute atomic E-state index is 0.0105. The van der Waals surface area contributed by atoms with E-state index in [4.69, 9.17) is 9.84 Å². The van der Waals surface area contributed by atoms with Gasteiger partial charge in [-0.15, -0.1) is 11.3 Å². The number of rotatable bonds is 4. The zero-order valence-corrected chi connectivity index (χ0v) is 13.0. The third-order valence-corrected chi connectivity index (χ3v) is 4.57. The molecule has 1 aliphatic rings. The van der Waals surface area contributed by atoms with Crippen molar-refractivity contribution in [3.63, 3.8) is 0 Å². The average Bonchev–Trinajstić information content (AvgIpc) is 3.03. The number of amides is 1. The number of carboxylic acid groups (broad SMARTS) is 1. The van der Waals surface area contributed by atoms with Crippen molar-refractivity contribution in [2.24, 2.45) is 0 Å². The molecule has 2 aromatic rings. The highest BCUT2D eigenvalue weighted by Gasteiger charge is 2.32. The van der Waals surface area contributed by atoms with E-state index in [2.05, 4.69) is 4.98 Å². The summed E-state index contributed by atoms with van der Waals surface area (Å²) in [6.07, 6.45) is 1.46. The number of morpholine rings is 1. The number of nitrogens with zero attached hydrogens (tertiary/aromatic N) is 3. The lowest BCUT2D eigenvalue weighted by molar-refractivity contribution is -0.158. The third-order valence-electron chi connectivity index (χ3n) is 3.75. The first kappa shape index (κ1) is 15.6. The minimum Gasteiger partial charge on any atom is -0.480 e. The van der Waals surface area contributed by atoms with Gasteiger partial charge in [0.05, 0.1) is 24.9 Å². The van der Waals surface area contributed by atoms with Crippen LogP contribution in [0.3, 0.4) is 0 Å². The number of carbonyl (C=O) groups excluding carboxylic acids is 1. The van der Waals surface area contributed by atoms with Gasteiger partial charge in [0.1, 0.15) is 4.83 Å². The largest absolute Gasteiger partial charge is 0.480 e. The van der Waals surface area contributed by atoms with Crippen LogP contribution >= 0.6 is 11.3 Å². The molecule has 122 valence electrons. The first-order chi connectivity index (χ1) is 11.1. The number of thiophene rings is 1. The van der Waals surface area contributed by atoms with Crippen LogP contribution < -0.4 is 5.56 Å². The van der Waals surface area contributed by atoms with Crippen molar-refractivity contribution in [3.05, 3.63) is 28.1 Å². The molecule has 0 aliphatic carbocycles. The second-order valence-corrected chi connectivity index (χ2v) is 6.04. The zero-order chi connectivity index (χ0) is 16.4. The summed E-state index contributed by atoms with van der Waals surface area (Å²) in [4.78, 5) is 41.8. The van der Waals surface area contributed by atoms with Crippen LogP contribution in [0.15, 0.2) is 22.6 Å². The summed E-state index contributed by atoms with van der Waals surface area (Å²) in [7, 11) is 0. The van der Waals surface area contributed by atoms with Crippen molar-refractivity contribution in [1.29, 1.82) is 0 Å². The molecule has 1 aliphatic heterocycles. The van der Waals surface area contributed by atoms with Crippen molar-refractivity contribution >= 4 is 33.4 Å². The first-order valence-corrected chi connectivity index (χ1v) is 7.98. The van der Waals surface area contributed by atoms with E-state index in [0.29, 0.717) is 16.8 Å². The molecule has 0 spiro atoms. The van der Waals surface area contributed by atoms with E-state index >= 15 is 0 Å². The lowest BCUT2D eigenvalue weighted by Gasteiger charge is -2.32. The quantitative estimate of drug-likeness (QED) is 0.853. The van der Waals surface area contributed by atoms with Gasteiger partial charge in [0.25, 0.3) is 5.56 Å². The second-order valence-electron chi connectivity index (χ2n) is 5.15. The Balaban J connectivity index is 1.71. The molecule has 0 radical (unpaired) electrons. The van der Waals surface area contributed by atoms with E-state index in [1.165, 1.54) is 27.1 Å². The molecule has 3 heterocycles. The summed E-state index contributed by atoms with van der Waals surface area (Å²) in [5.41, 5.74) is -0.194. The predicted octanol–water partition coefficient (Wildman–Crippen LogP) is 0.160. The van der Waals surface area contributed by atoms with Crippen molar-refractivity contribution < 1.29 is 19.4 Å². The van der Waals surface area contributed by atoms with Crippen LogP contribution in [0, 0.1) is 0 Å². The lowest BCUT2D eigenvalue weighted by atomic mass is 10.2. The predicted molar refractivity (Wildman–Crippen MR) is 82.5 cm³/mol. The topological polar surface area (TPSA) is 102 Å². The van der Waals surface area contributed by atoms with Crippen molar-refractivity contribution in [2.45, 2.75) is 19.0 Å². The average molecular weight is 337 g/mol. The number of hydrogen-bond donors (Lipinski definition) is 1. The van der Waals surface area contributed by atoms with Crippen molar-refractivity contribution in [1.82, 2.24) is 14.5 Å². The van der Waals surface area contributed by atoms with E-state index < -0.39 is 12.0 Å². The molecule has 23 heavy (non-hydrogen) atoms. The summed E-state index contributed by atoms with van der Waals surface area (Å²) in [5, 5.41) is 11.5. The molecule has 3 rings (SSSR count). The van der Waals surface area contributed by atoms with Gasteiger partial charge in [-0.05, 0) is 11.4 Å². The number of fused-ring (bicyclic) bond motifs is 1. The van der Waals surface area contributed by atoms with Crippen LogP contribution in [0.5, 0.6) is 0 Å². The Hall–Kier alpha value is -2.26. The molecule has 2 aromatic heterocycles. The van der Waals surface area contributed by atoms with Gasteiger partial charge in [-0.3, -0.25) is 14.2 Å². The Morgan fingerprint density at radius 2 is 2.30 bits per heavy atom. The van der Waals surface area contributed by atoms with Crippen LogP contribution in [0.1, 0.15) is 6.42 Å². The Kier molecular flexibility index (Phi) is 4.39. The Labute approximate surface area is 134 Å². The maximum atomic E-state index is 12.3. The molecule has 1 atom stereocenters. The number of carbonyl (C=O) groups is 2. The molecule has 0 bridgehead atoms. The van der Waals surface area contributed by atoms with Gasteiger partial charge in [0, 0.05) is 19.5 Å². The van der Waals surface area contributed by atoms with Gasteiger partial charge in [-0.2, -0.15) is 0 Å². The van der Waals surface area contributed by atoms with Gasteiger partial charge in [0.15, 0.2) is 6.04 Å². The standard InChI is InChI=1S/C14H15N3O5S/c18-11(17-4-5-22-7-10(17)14(20)21)1-3-16-8-15-12-9(13(16)19)2-6-23-12/h2,6,8,10H,1,3-5,7H2,(H,20,21)/t10-/m0/s1. The highest BCUT2D eigenvalue weighted by atomic mass is 32.1. The third kappa shape index (κ3) is 3.10. The van der Waals surface area contributed by atoms with E-state index in [-0.39, 0.29) is 37.6 Å². The van der Waals surface area contributed by atoms with Crippen LogP contribution in [-0.2, 0) is 20.9 Å². The summed E-state index contributed by atoms with van der Waals surface area (Å²) >= 11 is 1.38. The van der Waals surface area contributed by atoms with Crippen LogP contribution in [-0.4, -0.2) is 57.2 Å². The van der Waals surface area contributed by atoms with Gasteiger partial charge in [-0.1, -0.05) is 0 Å². The van der Waals surface area contributed by atoms with E-state index in [0.717, 1.165) is 0 Å². The molecule has 1 N–H and O–H groups in total. The van der Waals surface area contributed by atoms with Gasteiger partial charge in [-0.25, -0.2) is 9.78 Å². The van der Waals surface area contributed by atoms with Crippen LogP contribution in [0.2, 0.25) is 0 Å². The number of aromatic nitrogens is 2. The second kappa shape index (κ2) is 6.47. The summed E-state index contributed by atoms with van der Waals surface area (Å²) in [5.74, 6) is -1.39. The molecule has 0 unspecified atom stereocenters. The molecule has 1 saturated heterocycles. The molecular formula is C14H15N3O5S. The van der Waals surface area contributed by atoms with Crippen molar-refractivity contribution in [2.75, 3.05) is 19.8 Å². The van der Waals surface area contributed by atoms with Crippen LogP contribution in [0.4, 0.5) is 0 Å². The smallest absolute Gasteiger partial charge is 0.328 e.